The van der Waals surface area contributed by atoms with Gasteiger partial charge in [-0.05, 0) is 53.0 Å². The Morgan fingerprint density at radius 1 is 1.05 bits per heavy atom. The monoisotopic (exact) mass is 621 g/mol. The standard InChI is InChI=1S/C26H22BrCl2N3O4S/c1-34-23-10-16(17(27)11-24(23)35-2)26(33)32-7-5-14(6-8-32)25-30-21(13-37-25)22-12-20(31-36-22)15-3-4-18(28)19(29)9-15/h3-4,9-14H,5-8H2,1-2H3. The van der Waals surface area contributed by atoms with Crippen LogP contribution in [0.25, 0.3) is 22.7 Å². The molecule has 4 aromatic rings. The highest BCUT2D eigenvalue weighted by atomic mass is 79.9. The number of methoxy groups -OCH3 is 2. The maximum Gasteiger partial charge on any atom is 0.255 e. The molecule has 0 aliphatic carbocycles. The zero-order chi connectivity index (χ0) is 26.1. The molecule has 0 bridgehead atoms. The van der Waals surface area contributed by atoms with E-state index in [4.69, 9.17) is 42.2 Å². The van der Waals surface area contributed by atoms with Gasteiger partial charge in [-0.15, -0.1) is 11.3 Å². The van der Waals surface area contributed by atoms with E-state index in [0.29, 0.717) is 56.1 Å². The average Bonchev–Trinajstić information content (AvgIpc) is 3.60. The number of thiazole rings is 1. The largest absolute Gasteiger partial charge is 0.493 e. The summed E-state index contributed by atoms with van der Waals surface area (Å²) in [6.07, 6.45) is 1.66. The van der Waals surface area contributed by atoms with Crippen LogP contribution < -0.4 is 9.47 Å². The third-order valence-electron chi connectivity index (χ3n) is 6.33. The van der Waals surface area contributed by atoms with Crippen molar-refractivity contribution in [2.24, 2.45) is 0 Å². The molecule has 3 heterocycles. The van der Waals surface area contributed by atoms with Crippen molar-refractivity contribution in [1.82, 2.24) is 15.0 Å². The van der Waals surface area contributed by atoms with Gasteiger partial charge in [0.25, 0.3) is 5.91 Å². The number of carbonyl (C=O) groups is 1. The molecule has 0 unspecified atom stereocenters. The minimum Gasteiger partial charge on any atom is -0.493 e. The van der Waals surface area contributed by atoms with Crippen LogP contribution in [0.15, 0.2) is 50.8 Å². The van der Waals surface area contributed by atoms with Gasteiger partial charge < -0.3 is 18.9 Å². The summed E-state index contributed by atoms with van der Waals surface area (Å²) in [6.45, 7) is 1.28. The fraction of sp³-hybridized carbons (Fsp3) is 0.269. The van der Waals surface area contributed by atoms with Gasteiger partial charge in [-0.1, -0.05) is 34.4 Å². The summed E-state index contributed by atoms with van der Waals surface area (Å²) < 4.78 is 16.9. The predicted octanol–water partition coefficient (Wildman–Crippen LogP) is 7.57. The molecule has 0 saturated carbocycles. The number of hydrogen-bond donors (Lipinski definition) is 0. The molecule has 1 aliphatic rings. The summed E-state index contributed by atoms with van der Waals surface area (Å²) in [5.74, 6) is 1.92. The number of ether oxygens (including phenoxy) is 2. The average molecular weight is 623 g/mol. The summed E-state index contributed by atoms with van der Waals surface area (Å²) in [6, 6.07) is 10.7. The lowest BCUT2D eigenvalue weighted by Gasteiger charge is -2.31. The lowest BCUT2D eigenvalue weighted by molar-refractivity contribution is 0.0711. The van der Waals surface area contributed by atoms with Gasteiger partial charge in [0, 0.05) is 40.5 Å². The molecule has 1 amide bonds. The number of piperidine rings is 1. The smallest absolute Gasteiger partial charge is 0.255 e. The highest BCUT2D eigenvalue weighted by Crippen LogP contribution is 2.37. The van der Waals surface area contributed by atoms with Crippen LogP contribution in [0.5, 0.6) is 11.5 Å². The zero-order valence-corrected chi connectivity index (χ0v) is 23.9. The number of halogens is 3. The van der Waals surface area contributed by atoms with E-state index in [0.717, 1.165) is 29.1 Å². The third-order valence-corrected chi connectivity index (χ3v) is 8.74. The molecule has 192 valence electrons. The molecule has 1 saturated heterocycles. The van der Waals surface area contributed by atoms with Crippen LogP contribution in [0.2, 0.25) is 10.0 Å². The lowest BCUT2D eigenvalue weighted by Crippen LogP contribution is -2.38. The Morgan fingerprint density at radius 2 is 1.78 bits per heavy atom. The number of benzene rings is 2. The minimum atomic E-state index is -0.0393. The maximum atomic E-state index is 13.2. The SMILES string of the molecule is COc1cc(Br)c(C(=O)N2CCC(c3nc(-c4cc(-c5ccc(Cl)c(Cl)c5)no4)cs3)CC2)cc1OC. The topological polar surface area (TPSA) is 77.7 Å². The van der Waals surface area contributed by atoms with Gasteiger partial charge in [0.2, 0.25) is 0 Å². The first-order chi connectivity index (χ1) is 17.9. The second-order valence-electron chi connectivity index (χ2n) is 8.53. The first-order valence-corrected chi connectivity index (χ1v) is 13.9. The molecule has 7 nitrogen and oxygen atoms in total. The molecule has 0 radical (unpaired) electrons. The molecule has 37 heavy (non-hydrogen) atoms. The van der Waals surface area contributed by atoms with Crippen LogP contribution in [0.1, 0.15) is 34.1 Å². The maximum absolute atomic E-state index is 13.2. The van der Waals surface area contributed by atoms with Crippen molar-refractivity contribution in [3.05, 3.63) is 66.9 Å². The van der Waals surface area contributed by atoms with E-state index in [1.54, 1.807) is 49.8 Å². The number of nitrogens with zero attached hydrogens (tertiary/aromatic N) is 3. The van der Waals surface area contributed by atoms with Crippen LogP contribution in [-0.2, 0) is 0 Å². The Kier molecular flexibility index (Phi) is 7.76. The van der Waals surface area contributed by atoms with E-state index in [1.807, 2.05) is 22.4 Å². The number of amides is 1. The summed E-state index contributed by atoms with van der Waals surface area (Å²) in [5, 5.41) is 8.12. The van der Waals surface area contributed by atoms with Gasteiger partial charge in [-0.25, -0.2) is 4.98 Å². The lowest BCUT2D eigenvalue weighted by atomic mass is 9.97. The van der Waals surface area contributed by atoms with Gasteiger partial charge >= 0.3 is 0 Å². The summed E-state index contributed by atoms with van der Waals surface area (Å²) >= 11 is 17.2. The fourth-order valence-corrected chi connectivity index (χ4v) is 6.06. The molecule has 0 atom stereocenters. The number of hydrogen-bond acceptors (Lipinski definition) is 7. The Bertz CT molecular complexity index is 1450. The Labute approximate surface area is 236 Å². The second kappa shape index (κ2) is 11.0. The summed E-state index contributed by atoms with van der Waals surface area (Å²) in [7, 11) is 3.12. The normalized spacial score (nSPS) is 14.1. The van der Waals surface area contributed by atoms with Gasteiger partial charge in [-0.2, -0.15) is 0 Å². The molecular formula is C26H22BrCl2N3O4S. The van der Waals surface area contributed by atoms with Gasteiger partial charge in [0.05, 0.1) is 34.8 Å². The Balaban J connectivity index is 1.25. The highest BCUT2D eigenvalue weighted by molar-refractivity contribution is 9.10. The molecule has 2 aromatic heterocycles. The van der Waals surface area contributed by atoms with Gasteiger partial charge in [0.1, 0.15) is 11.4 Å². The van der Waals surface area contributed by atoms with Crippen LogP contribution in [0, 0.1) is 0 Å². The van der Waals surface area contributed by atoms with E-state index in [1.165, 1.54) is 0 Å². The van der Waals surface area contributed by atoms with E-state index in [9.17, 15) is 4.79 Å². The molecule has 11 heteroatoms. The number of aromatic nitrogens is 2. The number of rotatable bonds is 6. The van der Waals surface area contributed by atoms with Crippen LogP contribution in [0.4, 0.5) is 0 Å². The van der Waals surface area contributed by atoms with E-state index in [-0.39, 0.29) is 11.8 Å². The molecule has 1 fully saturated rings. The van der Waals surface area contributed by atoms with E-state index < -0.39 is 0 Å². The van der Waals surface area contributed by atoms with E-state index in [2.05, 4.69) is 21.1 Å². The van der Waals surface area contributed by atoms with Crippen molar-refractivity contribution in [2.45, 2.75) is 18.8 Å². The van der Waals surface area contributed by atoms with Crippen LogP contribution >= 0.6 is 50.5 Å². The Hall–Kier alpha value is -2.59. The molecule has 1 aliphatic heterocycles. The van der Waals surface area contributed by atoms with Crippen molar-refractivity contribution in [1.29, 1.82) is 0 Å². The second-order valence-corrected chi connectivity index (χ2v) is 11.1. The zero-order valence-electron chi connectivity index (χ0n) is 20.0. The van der Waals surface area contributed by atoms with E-state index >= 15 is 0 Å². The van der Waals surface area contributed by atoms with Gasteiger partial charge in [0.15, 0.2) is 17.3 Å². The van der Waals surface area contributed by atoms with Gasteiger partial charge in [-0.3, -0.25) is 4.79 Å². The molecule has 0 spiro atoms. The predicted molar refractivity (Wildman–Crippen MR) is 148 cm³/mol. The quantitative estimate of drug-likeness (QED) is 0.221. The fourth-order valence-electron chi connectivity index (χ4n) is 4.29. The van der Waals surface area contributed by atoms with Crippen molar-refractivity contribution >= 4 is 56.4 Å². The van der Waals surface area contributed by atoms with Crippen molar-refractivity contribution < 1.29 is 18.8 Å². The molecule has 5 rings (SSSR count). The van der Waals surface area contributed by atoms with Crippen molar-refractivity contribution in [2.75, 3.05) is 27.3 Å². The highest BCUT2D eigenvalue weighted by Gasteiger charge is 2.28. The van der Waals surface area contributed by atoms with Crippen LogP contribution in [0.3, 0.4) is 0 Å². The van der Waals surface area contributed by atoms with Crippen LogP contribution in [-0.4, -0.2) is 48.3 Å². The molecule has 0 N–H and O–H groups in total. The molecular weight excluding hydrogens is 601 g/mol. The summed E-state index contributed by atoms with van der Waals surface area (Å²) in [5.41, 5.74) is 2.77. The summed E-state index contributed by atoms with van der Waals surface area (Å²) in [4.78, 5) is 19.9. The Morgan fingerprint density at radius 3 is 2.49 bits per heavy atom. The first-order valence-electron chi connectivity index (χ1n) is 11.5. The molecule has 2 aromatic carbocycles. The van der Waals surface area contributed by atoms with Crippen molar-refractivity contribution in [3.8, 4) is 34.2 Å². The minimum absolute atomic E-state index is 0.0393. The van der Waals surface area contributed by atoms with Crippen molar-refractivity contribution in [3.63, 3.8) is 0 Å². The first kappa shape index (κ1) is 26.0. The third kappa shape index (κ3) is 5.36. The number of likely N-dealkylation sites (tertiary alicyclic amines) is 1. The number of carbonyl (C=O) groups excluding carboxylic acids is 1.